The molecule has 0 radical (unpaired) electrons. The molecule has 1 atom stereocenters. The molecule has 1 fully saturated rings. The fourth-order valence-electron chi connectivity index (χ4n) is 3.46. The molecule has 0 spiro atoms. The number of hydrogen-bond acceptors (Lipinski definition) is 4. The molecule has 0 amide bonds. The van der Waals surface area contributed by atoms with Crippen LogP contribution in [0.1, 0.15) is 6.42 Å². The van der Waals surface area contributed by atoms with Crippen LogP contribution in [-0.4, -0.2) is 40.8 Å². The van der Waals surface area contributed by atoms with E-state index >= 15 is 0 Å². The Hall–Kier alpha value is -2.30. The van der Waals surface area contributed by atoms with E-state index in [9.17, 15) is 21.6 Å². The third kappa shape index (κ3) is 3.11. The van der Waals surface area contributed by atoms with Crippen molar-refractivity contribution in [3.8, 4) is 0 Å². The molecule has 1 saturated heterocycles. The molecule has 0 bridgehead atoms. The number of fused-ring (bicyclic) bond motifs is 1. The molecule has 4 rings (SSSR count). The van der Waals surface area contributed by atoms with E-state index in [0.29, 0.717) is 30.4 Å². The van der Waals surface area contributed by atoms with Crippen LogP contribution in [0.4, 0.5) is 30.2 Å². The van der Waals surface area contributed by atoms with Crippen molar-refractivity contribution in [2.24, 2.45) is 0 Å². The van der Waals surface area contributed by atoms with Crippen molar-refractivity contribution in [1.29, 1.82) is 0 Å². The molecule has 2 aromatic rings. The number of halogens is 3. The number of morpholine rings is 1. The summed E-state index contributed by atoms with van der Waals surface area (Å²) >= 11 is 0. The predicted octanol–water partition coefficient (Wildman–Crippen LogP) is 2.69. The Labute approximate surface area is 160 Å². The van der Waals surface area contributed by atoms with Crippen LogP contribution < -0.4 is 13.9 Å². The highest BCUT2D eigenvalue weighted by atomic mass is 32.2. The van der Waals surface area contributed by atoms with Gasteiger partial charge in [-0.2, -0.15) is 8.42 Å². The molecular formula is C18H18F3N3O3S. The number of para-hydroxylation sites is 2. The van der Waals surface area contributed by atoms with Crippen molar-refractivity contribution in [3.63, 3.8) is 0 Å². The highest BCUT2D eigenvalue weighted by Crippen LogP contribution is 2.48. The van der Waals surface area contributed by atoms with E-state index in [1.54, 1.807) is 0 Å². The smallest absolute Gasteiger partial charge is 0.331 e. The minimum absolute atomic E-state index is 0.0162. The zero-order valence-electron chi connectivity index (χ0n) is 14.7. The maximum Gasteiger partial charge on any atom is 0.331 e. The van der Waals surface area contributed by atoms with Gasteiger partial charge in [0.25, 0.3) is 0 Å². The van der Waals surface area contributed by atoms with Crippen LogP contribution in [0.2, 0.25) is 0 Å². The number of ether oxygens (including phenoxy) is 1. The quantitative estimate of drug-likeness (QED) is 0.837. The van der Waals surface area contributed by atoms with E-state index in [2.05, 4.69) is 5.32 Å². The van der Waals surface area contributed by atoms with Crippen LogP contribution in [0.3, 0.4) is 0 Å². The van der Waals surface area contributed by atoms with Gasteiger partial charge >= 0.3 is 10.2 Å². The summed E-state index contributed by atoms with van der Waals surface area (Å²) in [5, 5.41) is 3.15. The molecule has 0 saturated carbocycles. The summed E-state index contributed by atoms with van der Waals surface area (Å²) in [5.74, 6) is -3.08. The maximum atomic E-state index is 14.6. The van der Waals surface area contributed by atoms with Gasteiger partial charge in [0.2, 0.25) is 0 Å². The van der Waals surface area contributed by atoms with Gasteiger partial charge in [0.15, 0.2) is 11.6 Å². The van der Waals surface area contributed by atoms with Gasteiger partial charge in [-0.15, -0.1) is 0 Å². The van der Waals surface area contributed by atoms with Crippen molar-refractivity contribution in [3.05, 3.63) is 53.8 Å². The molecule has 2 heterocycles. The minimum Gasteiger partial charge on any atom is -0.376 e. The summed E-state index contributed by atoms with van der Waals surface area (Å²) in [6.07, 6.45) is 0.135. The van der Waals surface area contributed by atoms with E-state index in [4.69, 9.17) is 4.74 Å². The van der Waals surface area contributed by atoms with Crippen molar-refractivity contribution in [1.82, 2.24) is 5.32 Å². The average Bonchev–Trinajstić information content (AvgIpc) is 2.89. The zero-order valence-corrected chi connectivity index (χ0v) is 15.6. The molecule has 2 aromatic carbocycles. The van der Waals surface area contributed by atoms with Gasteiger partial charge in [-0.1, -0.05) is 12.1 Å². The Morgan fingerprint density at radius 1 is 1.04 bits per heavy atom. The zero-order chi connectivity index (χ0) is 19.9. The molecule has 6 nitrogen and oxygen atoms in total. The van der Waals surface area contributed by atoms with Crippen molar-refractivity contribution in [2.75, 3.05) is 34.9 Å². The largest absolute Gasteiger partial charge is 0.376 e. The first-order valence-electron chi connectivity index (χ1n) is 8.79. The number of nitrogens with zero attached hydrogens (tertiary/aromatic N) is 2. The number of benzene rings is 2. The average molecular weight is 413 g/mol. The Balaban J connectivity index is 1.77. The normalized spacial score (nSPS) is 21.0. The van der Waals surface area contributed by atoms with Crippen LogP contribution in [0.15, 0.2) is 36.4 Å². The number of hydrogen-bond donors (Lipinski definition) is 1. The second-order valence-electron chi connectivity index (χ2n) is 6.51. The van der Waals surface area contributed by atoms with Gasteiger partial charge in [-0.25, -0.2) is 17.5 Å². The second kappa shape index (κ2) is 7.26. The van der Waals surface area contributed by atoms with E-state index in [1.165, 1.54) is 12.1 Å². The number of rotatable bonds is 4. The number of anilines is 3. The van der Waals surface area contributed by atoms with Gasteiger partial charge in [0.1, 0.15) is 17.2 Å². The Bertz CT molecular complexity index is 977. The lowest BCUT2D eigenvalue weighted by atomic mass is 10.2. The fourth-order valence-corrected chi connectivity index (χ4v) is 5.20. The SMILES string of the molecule is O=S1(=O)N(CCC2CNCCO2)c2cccc(F)c2N1c1c(F)cccc1F. The van der Waals surface area contributed by atoms with Crippen LogP contribution >= 0.6 is 0 Å². The molecule has 1 unspecified atom stereocenters. The first-order valence-corrected chi connectivity index (χ1v) is 10.2. The molecule has 0 aliphatic carbocycles. The first-order chi connectivity index (χ1) is 13.4. The minimum atomic E-state index is -4.44. The number of nitrogens with one attached hydrogen (secondary N) is 1. The molecular weight excluding hydrogens is 395 g/mol. The second-order valence-corrected chi connectivity index (χ2v) is 8.21. The summed E-state index contributed by atoms with van der Waals surface area (Å²) < 4.78 is 76.6. The van der Waals surface area contributed by atoms with E-state index < -0.39 is 39.0 Å². The molecule has 2 aliphatic heterocycles. The fraction of sp³-hybridized carbons (Fsp3) is 0.333. The van der Waals surface area contributed by atoms with Gasteiger partial charge in [-0.05, 0) is 30.7 Å². The van der Waals surface area contributed by atoms with Crippen molar-refractivity contribution in [2.45, 2.75) is 12.5 Å². The Kier molecular flexibility index (Phi) is 4.94. The lowest BCUT2D eigenvalue weighted by Gasteiger charge is -2.27. The third-order valence-corrected chi connectivity index (χ3v) is 6.51. The molecule has 28 heavy (non-hydrogen) atoms. The highest BCUT2D eigenvalue weighted by Gasteiger charge is 2.45. The van der Waals surface area contributed by atoms with Gasteiger partial charge in [-0.3, -0.25) is 4.31 Å². The van der Waals surface area contributed by atoms with E-state index in [1.807, 2.05) is 0 Å². The molecule has 1 N–H and O–H groups in total. The molecule has 2 aliphatic rings. The van der Waals surface area contributed by atoms with Crippen molar-refractivity contribution >= 4 is 27.3 Å². The Morgan fingerprint density at radius 2 is 1.68 bits per heavy atom. The van der Waals surface area contributed by atoms with Crippen LogP contribution in [0.5, 0.6) is 0 Å². The van der Waals surface area contributed by atoms with Crippen LogP contribution in [-0.2, 0) is 14.9 Å². The van der Waals surface area contributed by atoms with Gasteiger partial charge in [0.05, 0.1) is 18.4 Å². The third-order valence-electron chi connectivity index (χ3n) is 4.75. The Morgan fingerprint density at radius 3 is 2.32 bits per heavy atom. The molecule has 150 valence electrons. The van der Waals surface area contributed by atoms with Gasteiger partial charge < -0.3 is 10.1 Å². The topological polar surface area (TPSA) is 61.9 Å². The van der Waals surface area contributed by atoms with Gasteiger partial charge in [0, 0.05) is 19.6 Å². The van der Waals surface area contributed by atoms with E-state index in [-0.39, 0.29) is 18.3 Å². The summed E-state index contributed by atoms with van der Waals surface area (Å²) in [4.78, 5) is 0. The highest BCUT2D eigenvalue weighted by molar-refractivity contribution is 7.95. The first kappa shape index (κ1) is 19.0. The van der Waals surface area contributed by atoms with Crippen LogP contribution in [0, 0.1) is 17.5 Å². The summed E-state index contributed by atoms with van der Waals surface area (Å²) in [7, 11) is -4.44. The molecule has 10 heteroatoms. The monoisotopic (exact) mass is 413 g/mol. The van der Waals surface area contributed by atoms with Crippen LogP contribution in [0.25, 0.3) is 0 Å². The lowest BCUT2D eigenvalue weighted by Crippen LogP contribution is -2.42. The molecule has 0 aromatic heterocycles. The maximum absolute atomic E-state index is 14.6. The summed E-state index contributed by atoms with van der Waals surface area (Å²) in [6, 6.07) is 6.80. The summed E-state index contributed by atoms with van der Waals surface area (Å²) in [6.45, 7) is 1.77. The standard InChI is InChI=1S/C18H18F3N3O3S/c19-13-3-1-4-14(20)17(13)24-18-15(21)5-2-6-16(18)23(28(24,25)26)9-7-12-11-22-8-10-27-12/h1-6,12,22H,7-11H2. The van der Waals surface area contributed by atoms with E-state index in [0.717, 1.165) is 28.6 Å². The predicted molar refractivity (Wildman–Crippen MR) is 98.4 cm³/mol. The summed E-state index contributed by atoms with van der Waals surface area (Å²) in [5.41, 5.74) is -1.19. The lowest BCUT2D eigenvalue weighted by molar-refractivity contribution is 0.0254. The van der Waals surface area contributed by atoms with Crippen molar-refractivity contribution < 1.29 is 26.3 Å².